The molecule has 26 heavy (non-hydrogen) atoms. The molecule has 0 heterocycles. The minimum absolute atomic E-state index is 0.0906. The largest absolute Gasteiger partial charge is 0.416 e. The maximum Gasteiger partial charge on any atom is 0.416 e. The smallest absolute Gasteiger partial charge is 0.344 e. The first kappa shape index (κ1) is 18.5. The highest BCUT2D eigenvalue weighted by atomic mass is 79.9. The molecule has 1 aliphatic carbocycles. The van der Waals surface area contributed by atoms with Crippen LogP contribution in [0.3, 0.4) is 0 Å². The topological polar surface area (TPSA) is 29.1 Å². The molecule has 1 saturated carbocycles. The van der Waals surface area contributed by atoms with Gasteiger partial charge in [0.25, 0.3) is 0 Å². The van der Waals surface area contributed by atoms with Gasteiger partial charge in [-0.2, -0.15) is 13.2 Å². The summed E-state index contributed by atoms with van der Waals surface area (Å²) >= 11 is 3.37. The van der Waals surface area contributed by atoms with E-state index in [4.69, 9.17) is 0 Å². The predicted molar refractivity (Wildman–Crippen MR) is 96.4 cm³/mol. The van der Waals surface area contributed by atoms with Gasteiger partial charge in [0, 0.05) is 10.0 Å². The van der Waals surface area contributed by atoms with E-state index < -0.39 is 17.2 Å². The Bertz CT molecular complexity index is 874. The van der Waals surface area contributed by atoms with Crippen molar-refractivity contribution in [3.63, 3.8) is 0 Å². The summed E-state index contributed by atoms with van der Waals surface area (Å²) < 4.78 is 39.0. The molecule has 3 rings (SSSR count). The highest BCUT2D eigenvalue weighted by Gasteiger charge is 2.50. The van der Waals surface area contributed by atoms with E-state index in [-0.39, 0.29) is 18.0 Å². The van der Waals surface area contributed by atoms with Crippen LogP contribution in [-0.4, -0.2) is 12.5 Å². The third-order valence-electron chi connectivity index (χ3n) is 4.34. The van der Waals surface area contributed by atoms with Crippen LogP contribution in [0.2, 0.25) is 0 Å². The van der Waals surface area contributed by atoms with E-state index in [2.05, 4.69) is 33.1 Å². The predicted octanol–water partition coefficient (Wildman–Crippen LogP) is 4.67. The number of amides is 1. The fourth-order valence-electron chi connectivity index (χ4n) is 2.75. The molecule has 1 aliphatic rings. The van der Waals surface area contributed by atoms with Gasteiger partial charge in [0.05, 0.1) is 17.5 Å². The molecule has 134 valence electrons. The summed E-state index contributed by atoms with van der Waals surface area (Å²) in [7, 11) is 0. The van der Waals surface area contributed by atoms with E-state index in [1.165, 1.54) is 12.1 Å². The van der Waals surface area contributed by atoms with Gasteiger partial charge >= 0.3 is 6.18 Å². The van der Waals surface area contributed by atoms with Crippen molar-refractivity contribution in [3.05, 3.63) is 69.7 Å². The number of rotatable bonds is 3. The van der Waals surface area contributed by atoms with Crippen LogP contribution in [0, 0.1) is 11.8 Å². The van der Waals surface area contributed by atoms with E-state index >= 15 is 0 Å². The lowest BCUT2D eigenvalue weighted by molar-refractivity contribution is -0.137. The molecule has 1 fully saturated rings. The first-order valence-electron chi connectivity index (χ1n) is 8.02. The van der Waals surface area contributed by atoms with Crippen molar-refractivity contribution < 1.29 is 18.0 Å². The van der Waals surface area contributed by atoms with Crippen molar-refractivity contribution in [2.75, 3.05) is 6.54 Å². The second kappa shape index (κ2) is 7.16. The molecular weight excluding hydrogens is 407 g/mol. The number of benzene rings is 2. The Morgan fingerprint density at radius 3 is 2.46 bits per heavy atom. The molecule has 0 bridgehead atoms. The summed E-state index contributed by atoms with van der Waals surface area (Å²) in [6, 6.07) is 12.5. The lowest BCUT2D eigenvalue weighted by atomic mass is 9.95. The standard InChI is InChI=1S/C20H15BrF3NO/c21-17-8-6-15(7-9-17)19(10-11-19)18(26)25-12-2-4-14-3-1-5-16(13-14)20(22,23)24/h1,3,5-9,13H,10-12H2,(H,25,26). The normalized spacial score (nSPS) is 14.9. The Kier molecular flexibility index (Phi) is 5.10. The van der Waals surface area contributed by atoms with Crippen molar-refractivity contribution in [2.45, 2.75) is 24.4 Å². The molecule has 0 unspecified atom stereocenters. The van der Waals surface area contributed by atoms with Crippen molar-refractivity contribution in [2.24, 2.45) is 0 Å². The molecule has 1 amide bonds. The van der Waals surface area contributed by atoms with Crippen molar-refractivity contribution >= 4 is 21.8 Å². The first-order valence-corrected chi connectivity index (χ1v) is 8.81. The van der Waals surface area contributed by atoms with Crippen molar-refractivity contribution in [3.8, 4) is 11.8 Å². The molecule has 0 spiro atoms. The van der Waals surface area contributed by atoms with Gasteiger partial charge in [0.1, 0.15) is 0 Å². The quantitative estimate of drug-likeness (QED) is 0.716. The molecule has 2 nitrogen and oxygen atoms in total. The van der Waals surface area contributed by atoms with E-state index in [1.807, 2.05) is 24.3 Å². The Hall–Kier alpha value is -2.26. The fraction of sp³-hybridized carbons (Fsp3) is 0.250. The monoisotopic (exact) mass is 421 g/mol. The molecule has 0 radical (unpaired) electrons. The van der Waals surface area contributed by atoms with Gasteiger partial charge in [0.15, 0.2) is 0 Å². The molecule has 6 heteroatoms. The number of nitrogens with one attached hydrogen (secondary N) is 1. The summed E-state index contributed by atoms with van der Waals surface area (Å²) in [4.78, 5) is 12.5. The number of carbonyl (C=O) groups is 1. The first-order chi connectivity index (χ1) is 12.3. The maximum atomic E-state index is 12.7. The zero-order chi connectivity index (χ0) is 18.8. The molecule has 0 atom stereocenters. The molecule has 0 aromatic heterocycles. The summed E-state index contributed by atoms with van der Waals surface area (Å²) in [6.45, 7) is 0.0906. The summed E-state index contributed by atoms with van der Waals surface area (Å²) in [5.74, 6) is 5.28. The van der Waals surface area contributed by atoms with Crippen molar-refractivity contribution in [1.82, 2.24) is 5.32 Å². The minimum Gasteiger partial charge on any atom is -0.344 e. The molecule has 2 aromatic rings. The van der Waals surface area contributed by atoms with Crippen LogP contribution in [0.25, 0.3) is 0 Å². The molecule has 2 aromatic carbocycles. The van der Waals surface area contributed by atoms with Gasteiger partial charge in [0.2, 0.25) is 5.91 Å². The zero-order valence-corrected chi connectivity index (χ0v) is 15.2. The molecular formula is C20H15BrF3NO. The van der Waals surface area contributed by atoms with Crippen molar-refractivity contribution in [1.29, 1.82) is 0 Å². The average molecular weight is 422 g/mol. The van der Waals surface area contributed by atoms with E-state index in [9.17, 15) is 18.0 Å². The summed E-state index contributed by atoms with van der Waals surface area (Å²) in [6.07, 6.45) is -2.84. The highest BCUT2D eigenvalue weighted by molar-refractivity contribution is 9.10. The molecule has 0 aliphatic heterocycles. The van der Waals surface area contributed by atoms with Crippen LogP contribution in [0.5, 0.6) is 0 Å². The third kappa shape index (κ3) is 4.10. The van der Waals surface area contributed by atoms with E-state index in [0.717, 1.165) is 35.0 Å². The highest BCUT2D eigenvalue weighted by Crippen LogP contribution is 2.48. The number of hydrogen-bond donors (Lipinski definition) is 1. The zero-order valence-electron chi connectivity index (χ0n) is 13.7. The van der Waals surface area contributed by atoms with Gasteiger partial charge in [-0.1, -0.05) is 46.0 Å². The van der Waals surface area contributed by atoms with Crippen LogP contribution < -0.4 is 5.32 Å². The number of alkyl halides is 3. The molecule has 1 N–H and O–H groups in total. The Labute approximate surface area is 157 Å². The van der Waals surface area contributed by atoms with Crippen LogP contribution >= 0.6 is 15.9 Å². The average Bonchev–Trinajstić information content (AvgIpc) is 3.41. The number of hydrogen-bond acceptors (Lipinski definition) is 1. The maximum absolute atomic E-state index is 12.7. The lowest BCUT2D eigenvalue weighted by Gasteiger charge is -2.14. The minimum atomic E-state index is -4.39. The van der Waals surface area contributed by atoms with Crippen LogP contribution in [0.1, 0.15) is 29.5 Å². The Balaban J connectivity index is 1.62. The Morgan fingerprint density at radius 2 is 1.85 bits per heavy atom. The van der Waals surface area contributed by atoms with Gasteiger partial charge in [-0.15, -0.1) is 0 Å². The Morgan fingerprint density at radius 1 is 1.15 bits per heavy atom. The number of carbonyl (C=O) groups excluding carboxylic acids is 1. The second-order valence-electron chi connectivity index (χ2n) is 6.15. The van der Waals surface area contributed by atoms with Crippen LogP contribution in [-0.2, 0) is 16.4 Å². The second-order valence-corrected chi connectivity index (χ2v) is 7.07. The van der Waals surface area contributed by atoms with Gasteiger partial charge < -0.3 is 5.32 Å². The summed E-state index contributed by atoms with van der Waals surface area (Å²) in [5.41, 5.74) is -0.00820. The van der Waals surface area contributed by atoms with Gasteiger partial charge in [-0.25, -0.2) is 0 Å². The van der Waals surface area contributed by atoms with E-state index in [0.29, 0.717) is 0 Å². The van der Waals surface area contributed by atoms with Crippen LogP contribution in [0.15, 0.2) is 53.0 Å². The summed E-state index contributed by atoms with van der Waals surface area (Å²) in [5, 5.41) is 2.77. The van der Waals surface area contributed by atoms with Gasteiger partial charge in [-0.3, -0.25) is 4.79 Å². The molecule has 0 saturated heterocycles. The fourth-order valence-corrected chi connectivity index (χ4v) is 3.02. The number of halogens is 4. The SMILES string of the molecule is O=C(NCC#Cc1cccc(C(F)(F)F)c1)C1(c2ccc(Br)cc2)CC1. The lowest BCUT2D eigenvalue weighted by Crippen LogP contribution is -2.34. The van der Waals surface area contributed by atoms with Crippen LogP contribution in [0.4, 0.5) is 13.2 Å². The third-order valence-corrected chi connectivity index (χ3v) is 4.87. The van der Waals surface area contributed by atoms with Gasteiger partial charge in [-0.05, 0) is 48.7 Å². The van der Waals surface area contributed by atoms with E-state index in [1.54, 1.807) is 0 Å².